The molecule has 0 fully saturated rings. The Morgan fingerprint density at radius 3 is 2.35 bits per heavy atom. The number of esters is 1. The van der Waals surface area contributed by atoms with Crippen molar-refractivity contribution in [1.82, 2.24) is 0 Å². The normalized spacial score (nSPS) is 20.2. The van der Waals surface area contributed by atoms with Crippen molar-refractivity contribution in [2.45, 2.75) is 52.3 Å². The minimum atomic E-state index is -0.926. The molecule has 6 heteroatoms. The summed E-state index contributed by atoms with van der Waals surface area (Å²) in [5, 5.41) is 0. The molecule has 2 unspecified atom stereocenters. The maximum atomic E-state index is 12.7. The molecule has 0 saturated heterocycles. The van der Waals surface area contributed by atoms with Crippen molar-refractivity contribution in [2.75, 3.05) is 12.0 Å². The zero-order chi connectivity index (χ0) is 17.5. The zero-order valence-electron chi connectivity index (χ0n) is 14.5. The van der Waals surface area contributed by atoms with Gasteiger partial charge >= 0.3 is 12.1 Å². The molecule has 23 heavy (non-hydrogen) atoms. The highest BCUT2D eigenvalue weighted by Gasteiger charge is 2.47. The van der Waals surface area contributed by atoms with Gasteiger partial charge in [-0.2, -0.15) is 0 Å². The first-order valence-electron chi connectivity index (χ1n) is 7.53. The summed E-state index contributed by atoms with van der Waals surface area (Å²) in [4.78, 5) is 26.2. The van der Waals surface area contributed by atoms with Crippen molar-refractivity contribution < 1.29 is 19.1 Å². The van der Waals surface area contributed by atoms with Gasteiger partial charge in [0.25, 0.3) is 0 Å². The summed E-state index contributed by atoms with van der Waals surface area (Å²) in [7, 11) is 1.28. The minimum absolute atomic E-state index is 0.559. The highest BCUT2D eigenvalue weighted by atomic mass is 16.6. The Labute approximate surface area is 136 Å². The summed E-state index contributed by atoms with van der Waals surface area (Å²) in [6.07, 6.45) is -0.605. The molecule has 0 aromatic heterocycles. The van der Waals surface area contributed by atoms with Gasteiger partial charge in [-0.1, -0.05) is 6.07 Å². The highest BCUT2D eigenvalue weighted by Crippen LogP contribution is 2.42. The lowest BCUT2D eigenvalue weighted by Crippen LogP contribution is -2.48. The molecule has 1 aromatic carbocycles. The first-order chi connectivity index (χ1) is 10.6. The van der Waals surface area contributed by atoms with E-state index in [4.69, 9.17) is 15.2 Å². The monoisotopic (exact) mass is 320 g/mol. The molecule has 0 bridgehead atoms. The second-order valence-corrected chi connectivity index (χ2v) is 6.86. The average Bonchev–Trinajstić information content (AvgIpc) is 2.69. The van der Waals surface area contributed by atoms with Crippen molar-refractivity contribution in [1.29, 1.82) is 0 Å². The number of nitrogens with two attached hydrogens (primary N) is 1. The van der Waals surface area contributed by atoms with E-state index in [1.54, 1.807) is 20.8 Å². The molecule has 0 aliphatic carbocycles. The number of anilines is 1. The van der Waals surface area contributed by atoms with E-state index in [1.807, 2.05) is 26.0 Å². The van der Waals surface area contributed by atoms with Gasteiger partial charge < -0.3 is 15.2 Å². The van der Waals surface area contributed by atoms with Crippen LogP contribution < -0.4 is 10.6 Å². The third kappa shape index (κ3) is 3.17. The molecule has 1 heterocycles. The zero-order valence-corrected chi connectivity index (χ0v) is 14.5. The molecule has 0 spiro atoms. The van der Waals surface area contributed by atoms with Crippen LogP contribution in [0.3, 0.4) is 0 Å². The maximum absolute atomic E-state index is 12.7. The Kier molecular flexibility index (Phi) is 4.39. The summed E-state index contributed by atoms with van der Waals surface area (Å²) < 4.78 is 10.3. The lowest BCUT2D eigenvalue weighted by molar-refractivity contribution is -0.142. The van der Waals surface area contributed by atoms with Crippen LogP contribution in [0.25, 0.3) is 0 Å². The fourth-order valence-corrected chi connectivity index (χ4v) is 2.95. The molecule has 1 aliphatic rings. The average molecular weight is 320 g/mol. The van der Waals surface area contributed by atoms with Crippen molar-refractivity contribution >= 4 is 17.7 Å². The first-order valence-corrected chi connectivity index (χ1v) is 7.53. The lowest BCUT2D eigenvalue weighted by atomic mass is 9.98. The number of benzene rings is 1. The summed E-state index contributed by atoms with van der Waals surface area (Å²) in [5.41, 5.74) is 8.88. The number of fused-ring (bicyclic) bond motifs is 1. The van der Waals surface area contributed by atoms with E-state index in [9.17, 15) is 9.59 Å². The number of methoxy groups -OCH3 is 1. The Morgan fingerprint density at radius 2 is 1.83 bits per heavy atom. The molecule has 1 aliphatic heterocycles. The maximum Gasteiger partial charge on any atom is 0.415 e. The minimum Gasteiger partial charge on any atom is -0.467 e. The highest BCUT2D eigenvalue weighted by molar-refractivity contribution is 6.00. The molecule has 1 amide bonds. The Hall–Kier alpha value is -2.08. The van der Waals surface area contributed by atoms with Gasteiger partial charge in [-0.3, -0.25) is 4.90 Å². The fourth-order valence-electron chi connectivity index (χ4n) is 2.95. The summed E-state index contributed by atoms with van der Waals surface area (Å²) in [6, 6.07) is 2.25. The van der Waals surface area contributed by atoms with E-state index in [1.165, 1.54) is 12.0 Å². The van der Waals surface area contributed by atoms with Crippen molar-refractivity contribution in [3.8, 4) is 0 Å². The van der Waals surface area contributed by atoms with Crippen molar-refractivity contribution in [3.63, 3.8) is 0 Å². The molecule has 0 radical (unpaired) electrons. The van der Waals surface area contributed by atoms with Gasteiger partial charge in [-0.15, -0.1) is 0 Å². The van der Waals surface area contributed by atoms with Gasteiger partial charge in [-0.05, 0) is 57.4 Å². The topological polar surface area (TPSA) is 81.9 Å². The Bertz CT molecular complexity index is 649. The Morgan fingerprint density at radius 1 is 1.22 bits per heavy atom. The number of rotatable bonds is 1. The van der Waals surface area contributed by atoms with Crippen molar-refractivity contribution in [2.24, 2.45) is 5.73 Å². The van der Waals surface area contributed by atoms with Gasteiger partial charge in [-0.25, -0.2) is 9.59 Å². The van der Waals surface area contributed by atoms with Gasteiger partial charge in [0.2, 0.25) is 0 Å². The number of ether oxygens (including phenoxy) is 2. The van der Waals surface area contributed by atoms with E-state index in [-0.39, 0.29) is 0 Å². The second kappa shape index (κ2) is 5.85. The SMILES string of the molecule is COC(=O)C1C(N)c2c(C)cc(C)cc2N1C(=O)OC(C)(C)C. The van der Waals surface area contributed by atoms with Crippen LogP contribution >= 0.6 is 0 Å². The fraction of sp³-hybridized carbons (Fsp3) is 0.529. The van der Waals surface area contributed by atoms with Crippen LogP contribution in [0.2, 0.25) is 0 Å². The van der Waals surface area contributed by atoms with Crippen LogP contribution in [0.4, 0.5) is 10.5 Å². The predicted molar refractivity (Wildman–Crippen MR) is 87.4 cm³/mol. The number of carbonyl (C=O) groups is 2. The largest absolute Gasteiger partial charge is 0.467 e. The molecule has 2 N–H and O–H groups in total. The number of amides is 1. The van der Waals surface area contributed by atoms with Crippen LogP contribution in [0.15, 0.2) is 12.1 Å². The molecule has 126 valence electrons. The quantitative estimate of drug-likeness (QED) is 0.804. The van der Waals surface area contributed by atoms with Crippen LogP contribution in [0, 0.1) is 13.8 Å². The number of nitrogens with zero attached hydrogens (tertiary/aromatic N) is 1. The smallest absolute Gasteiger partial charge is 0.415 e. The summed E-state index contributed by atoms with van der Waals surface area (Å²) >= 11 is 0. The van der Waals surface area contributed by atoms with E-state index < -0.39 is 29.7 Å². The van der Waals surface area contributed by atoms with E-state index in [2.05, 4.69) is 0 Å². The number of aryl methyl sites for hydroxylation is 2. The van der Waals surface area contributed by atoms with Crippen LogP contribution in [0.1, 0.15) is 43.5 Å². The van der Waals surface area contributed by atoms with E-state index in [0.717, 1.165) is 16.7 Å². The van der Waals surface area contributed by atoms with E-state index >= 15 is 0 Å². The standard InChI is InChI=1S/C17H24N2O4/c1-9-7-10(2)12-11(8-9)19(16(21)23-17(3,4)5)14(13(12)18)15(20)22-6/h7-8,13-14H,18H2,1-6H3. The van der Waals surface area contributed by atoms with Gasteiger partial charge in [0.1, 0.15) is 5.60 Å². The lowest BCUT2D eigenvalue weighted by Gasteiger charge is -2.28. The third-order valence-electron chi connectivity index (χ3n) is 3.75. The number of carbonyl (C=O) groups excluding carboxylic acids is 2. The molecule has 2 atom stereocenters. The molecule has 2 rings (SSSR count). The van der Waals surface area contributed by atoms with Crippen molar-refractivity contribution in [3.05, 3.63) is 28.8 Å². The number of hydrogen-bond donors (Lipinski definition) is 1. The van der Waals surface area contributed by atoms with Crippen LogP contribution in [0.5, 0.6) is 0 Å². The molecule has 1 aromatic rings. The van der Waals surface area contributed by atoms with Gasteiger partial charge in [0.15, 0.2) is 6.04 Å². The van der Waals surface area contributed by atoms with Crippen LogP contribution in [-0.4, -0.2) is 30.8 Å². The first kappa shape index (κ1) is 17.3. The summed E-state index contributed by atoms with van der Waals surface area (Å²) in [5.74, 6) is -0.559. The summed E-state index contributed by atoms with van der Waals surface area (Å²) in [6.45, 7) is 9.17. The second-order valence-electron chi connectivity index (χ2n) is 6.86. The van der Waals surface area contributed by atoms with Crippen LogP contribution in [-0.2, 0) is 14.3 Å². The predicted octanol–water partition coefficient (Wildman–Crippen LogP) is 2.60. The Balaban J connectivity index is 2.56. The third-order valence-corrected chi connectivity index (χ3v) is 3.75. The molecule has 6 nitrogen and oxygen atoms in total. The van der Waals surface area contributed by atoms with E-state index in [0.29, 0.717) is 5.69 Å². The van der Waals surface area contributed by atoms with Gasteiger partial charge in [0, 0.05) is 0 Å². The molecular weight excluding hydrogens is 296 g/mol. The number of hydrogen-bond acceptors (Lipinski definition) is 5. The molecular formula is C17H24N2O4. The van der Waals surface area contributed by atoms with Gasteiger partial charge in [0.05, 0.1) is 18.8 Å². The molecule has 0 saturated carbocycles.